The van der Waals surface area contributed by atoms with Crippen LogP contribution in [0.3, 0.4) is 0 Å². The lowest BCUT2D eigenvalue weighted by atomic mass is 10.0. The van der Waals surface area contributed by atoms with Gasteiger partial charge >= 0.3 is 0 Å². The van der Waals surface area contributed by atoms with Gasteiger partial charge in [-0.05, 0) is 35.7 Å². The van der Waals surface area contributed by atoms with Crippen molar-refractivity contribution < 1.29 is 23.5 Å². The van der Waals surface area contributed by atoms with Gasteiger partial charge in [0.05, 0.1) is 39.4 Å². The quantitative estimate of drug-likeness (QED) is 0.656. The SMILES string of the molecule is COc1ccc(-c2cc3cc(OC)c(OC)cc3c(C)[n+]2C)cc1OC. The molecule has 1 aromatic heterocycles. The summed E-state index contributed by atoms with van der Waals surface area (Å²) in [5.41, 5.74) is 3.25. The highest BCUT2D eigenvalue weighted by atomic mass is 16.5. The maximum Gasteiger partial charge on any atom is 0.213 e. The van der Waals surface area contributed by atoms with Crippen LogP contribution in [-0.4, -0.2) is 28.4 Å². The molecule has 0 aliphatic rings. The van der Waals surface area contributed by atoms with E-state index in [4.69, 9.17) is 18.9 Å². The van der Waals surface area contributed by atoms with E-state index in [9.17, 15) is 0 Å². The van der Waals surface area contributed by atoms with Crippen molar-refractivity contribution in [3.63, 3.8) is 0 Å². The number of hydrogen-bond donors (Lipinski definition) is 0. The van der Waals surface area contributed by atoms with Crippen LogP contribution in [-0.2, 0) is 7.05 Å². The zero-order valence-electron chi connectivity index (χ0n) is 16.0. The van der Waals surface area contributed by atoms with E-state index in [1.54, 1.807) is 28.4 Å². The summed E-state index contributed by atoms with van der Waals surface area (Å²) in [6, 6.07) is 12.1. The standard InChI is InChI=1S/C21H24NO4/c1-13-16-12-21(26-6)20(25-5)11-15(16)9-17(22(13)2)14-7-8-18(23-3)19(10-14)24-4/h7-12H,1-6H3/q+1. The Labute approximate surface area is 153 Å². The molecule has 0 unspecified atom stereocenters. The van der Waals surface area contributed by atoms with E-state index in [0.29, 0.717) is 17.2 Å². The Morgan fingerprint density at radius 1 is 0.692 bits per heavy atom. The molecule has 0 N–H and O–H groups in total. The van der Waals surface area contributed by atoms with Crippen molar-refractivity contribution in [3.05, 3.63) is 42.1 Å². The molecule has 0 atom stereocenters. The van der Waals surface area contributed by atoms with Gasteiger partial charge in [0.15, 0.2) is 28.7 Å². The topological polar surface area (TPSA) is 40.8 Å². The van der Waals surface area contributed by atoms with E-state index in [-0.39, 0.29) is 0 Å². The molecule has 0 saturated carbocycles. The van der Waals surface area contributed by atoms with E-state index >= 15 is 0 Å². The fourth-order valence-corrected chi connectivity index (χ4v) is 3.21. The van der Waals surface area contributed by atoms with Gasteiger partial charge in [0.25, 0.3) is 0 Å². The van der Waals surface area contributed by atoms with Crippen molar-refractivity contribution in [3.8, 4) is 34.3 Å². The number of hydrogen-bond acceptors (Lipinski definition) is 4. The van der Waals surface area contributed by atoms with Gasteiger partial charge in [0.1, 0.15) is 7.05 Å². The van der Waals surface area contributed by atoms with Gasteiger partial charge in [-0.1, -0.05) is 0 Å². The Morgan fingerprint density at radius 3 is 1.88 bits per heavy atom. The summed E-state index contributed by atoms with van der Waals surface area (Å²) >= 11 is 0. The minimum absolute atomic E-state index is 0.704. The largest absolute Gasteiger partial charge is 0.493 e. The molecule has 0 amide bonds. The molecule has 1 heterocycles. The van der Waals surface area contributed by atoms with Crippen molar-refractivity contribution in [1.29, 1.82) is 0 Å². The highest BCUT2D eigenvalue weighted by Gasteiger charge is 2.20. The summed E-state index contributed by atoms with van der Waals surface area (Å²) in [5, 5.41) is 2.21. The Bertz CT molecular complexity index is 966. The molecule has 0 spiro atoms. The molecule has 5 heteroatoms. The van der Waals surface area contributed by atoms with Gasteiger partial charge in [0.2, 0.25) is 5.69 Å². The number of ether oxygens (including phenoxy) is 4. The normalized spacial score (nSPS) is 10.7. The minimum Gasteiger partial charge on any atom is -0.493 e. The molecule has 26 heavy (non-hydrogen) atoms. The molecule has 2 aromatic carbocycles. The summed E-state index contributed by atoms with van der Waals surface area (Å²) in [6.45, 7) is 2.10. The lowest BCUT2D eigenvalue weighted by Crippen LogP contribution is -2.34. The fraction of sp³-hybridized carbons (Fsp3) is 0.286. The third kappa shape index (κ3) is 2.90. The van der Waals surface area contributed by atoms with Crippen LogP contribution in [0.15, 0.2) is 36.4 Å². The van der Waals surface area contributed by atoms with E-state index < -0.39 is 0 Å². The van der Waals surface area contributed by atoms with Crippen LogP contribution >= 0.6 is 0 Å². The molecule has 3 aromatic rings. The molecule has 0 bridgehead atoms. The Hall–Kier alpha value is -2.95. The van der Waals surface area contributed by atoms with Crippen LogP contribution in [0.25, 0.3) is 22.0 Å². The molecule has 5 nitrogen and oxygen atoms in total. The first-order valence-corrected chi connectivity index (χ1v) is 8.31. The summed E-state index contributed by atoms with van der Waals surface area (Å²) in [4.78, 5) is 0. The smallest absolute Gasteiger partial charge is 0.213 e. The number of aryl methyl sites for hydroxylation is 1. The second-order valence-corrected chi connectivity index (χ2v) is 6.04. The molecule has 0 saturated heterocycles. The number of pyridine rings is 1. The van der Waals surface area contributed by atoms with Gasteiger partial charge in [-0.2, -0.15) is 4.57 Å². The summed E-state index contributed by atoms with van der Waals surface area (Å²) < 4.78 is 23.9. The average Bonchev–Trinajstić information content (AvgIpc) is 2.69. The molecule has 0 radical (unpaired) electrons. The first-order chi connectivity index (χ1) is 12.5. The lowest BCUT2D eigenvalue weighted by Gasteiger charge is -2.13. The zero-order chi connectivity index (χ0) is 18.8. The maximum absolute atomic E-state index is 5.46. The number of benzene rings is 2. The average molecular weight is 354 g/mol. The lowest BCUT2D eigenvalue weighted by molar-refractivity contribution is -0.665. The maximum atomic E-state index is 5.46. The summed E-state index contributed by atoms with van der Waals surface area (Å²) in [7, 11) is 8.63. The monoisotopic (exact) mass is 354 g/mol. The highest BCUT2D eigenvalue weighted by Crippen LogP contribution is 2.36. The van der Waals surface area contributed by atoms with Crippen LogP contribution in [0.4, 0.5) is 0 Å². The zero-order valence-corrected chi connectivity index (χ0v) is 16.0. The first-order valence-electron chi connectivity index (χ1n) is 8.31. The number of fused-ring (bicyclic) bond motifs is 1. The molecule has 0 aliphatic carbocycles. The van der Waals surface area contributed by atoms with Crippen LogP contribution in [0.1, 0.15) is 5.69 Å². The van der Waals surface area contributed by atoms with Crippen LogP contribution in [0.5, 0.6) is 23.0 Å². The van der Waals surface area contributed by atoms with Crippen molar-refractivity contribution in [2.45, 2.75) is 6.92 Å². The van der Waals surface area contributed by atoms with Crippen molar-refractivity contribution in [1.82, 2.24) is 0 Å². The van der Waals surface area contributed by atoms with Gasteiger partial charge in [-0.3, -0.25) is 0 Å². The van der Waals surface area contributed by atoms with Crippen LogP contribution in [0, 0.1) is 6.92 Å². The minimum atomic E-state index is 0.704. The number of rotatable bonds is 5. The molecular formula is C21H24NO4+. The first kappa shape index (κ1) is 17.9. The van der Waals surface area contributed by atoms with E-state index in [1.165, 1.54) is 0 Å². The Balaban J connectivity index is 2.26. The molecular weight excluding hydrogens is 330 g/mol. The molecule has 3 rings (SSSR count). The predicted octanol–water partition coefficient (Wildman–Crippen LogP) is 3.67. The van der Waals surface area contributed by atoms with Crippen molar-refractivity contribution in [2.24, 2.45) is 7.05 Å². The van der Waals surface area contributed by atoms with E-state index in [2.05, 4.69) is 24.6 Å². The second kappa shape index (κ2) is 7.12. The number of aromatic nitrogens is 1. The van der Waals surface area contributed by atoms with E-state index in [1.807, 2.05) is 30.3 Å². The number of nitrogens with zero attached hydrogens (tertiary/aromatic N) is 1. The number of methoxy groups -OCH3 is 4. The third-order valence-corrected chi connectivity index (χ3v) is 4.78. The van der Waals surface area contributed by atoms with Gasteiger partial charge in [-0.25, -0.2) is 0 Å². The molecule has 136 valence electrons. The second-order valence-electron chi connectivity index (χ2n) is 6.04. The third-order valence-electron chi connectivity index (χ3n) is 4.78. The van der Waals surface area contributed by atoms with Crippen molar-refractivity contribution >= 4 is 10.8 Å². The van der Waals surface area contributed by atoms with Gasteiger partial charge in [0, 0.05) is 13.0 Å². The van der Waals surface area contributed by atoms with Gasteiger partial charge in [-0.15, -0.1) is 0 Å². The fourth-order valence-electron chi connectivity index (χ4n) is 3.21. The van der Waals surface area contributed by atoms with Gasteiger partial charge < -0.3 is 18.9 Å². The van der Waals surface area contributed by atoms with Crippen molar-refractivity contribution in [2.75, 3.05) is 28.4 Å². The van der Waals surface area contributed by atoms with Crippen LogP contribution in [0.2, 0.25) is 0 Å². The van der Waals surface area contributed by atoms with E-state index in [0.717, 1.165) is 33.5 Å². The summed E-state index contributed by atoms with van der Waals surface area (Å²) in [5.74, 6) is 2.85. The molecule has 0 aliphatic heterocycles. The molecule has 0 fully saturated rings. The predicted molar refractivity (Wildman–Crippen MR) is 102 cm³/mol. The summed E-state index contributed by atoms with van der Waals surface area (Å²) in [6.07, 6.45) is 0. The Kier molecular flexibility index (Phi) is 4.89. The highest BCUT2D eigenvalue weighted by molar-refractivity contribution is 5.89. The van der Waals surface area contributed by atoms with Crippen LogP contribution < -0.4 is 23.5 Å². The Morgan fingerprint density at radius 2 is 1.27 bits per heavy atom.